The summed E-state index contributed by atoms with van der Waals surface area (Å²) in [4.78, 5) is 1.17. The van der Waals surface area contributed by atoms with Crippen LogP contribution in [0.2, 0.25) is 0 Å². The lowest BCUT2D eigenvalue weighted by Crippen LogP contribution is -2.36. The summed E-state index contributed by atoms with van der Waals surface area (Å²) in [6, 6.07) is 12.0. The Morgan fingerprint density at radius 2 is 1.88 bits per heavy atom. The summed E-state index contributed by atoms with van der Waals surface area (Å²) in [6.45, 7) is 4.91. The minimum absolute atomic E-state index is 0.0970. The van der Waals surface area contributed by atoms with E-state index in [9.17, 15) is 8.42 Å². The van der Waals surface area contributed by atoms with Crippen molar-refractivity contribution in [3.63, 3.8) is 0 Å². The molecule has 7 heteroatoms. The average Bonchev–Trinajstić information content (AvgIpc) is 3.30. The minimum atomic E-state index is -3.62. The normalized spacial score (nSPS) is 15.3. The smallest absolute Gasteiger partial charge is 0.247 e. The Bertz CT molecular complexity index is 1020. The van der Waals surface area contributed by atoms with E-state index in [2.05, 4.69) is 11.2 Å². The van der Waals surface area contributed by atoms with Crippen molar-refractivity contribution < 1.29 is 8.42 Å². The molecule has 26 heavy (non-hydrogen) atoms. The first-order chi connectivity index (χ1) is 12.5. The van der Waals surface area contributed by atoms with Gasteiger partial charge in [0.15, 0.2) is 0 Å². The van der Waals surface area contributed by atoms with E-state index < -0.39 is 10.0 Å². The van der Waals surface area contributed by atoms with Crippen LogP contribution >= 0.6 is 11.3 Å². The molecule has 2 aromatic heterocycles. The molecule has 0 amide bonds. The summed E-state index contributed by atoms with van der Waals surface area (Å²) in [7, 11) is -3.62. The van der Waals surface area contributed by atoms with E-state index in [1.165, 1.54) is 16.9 Å². The topological polar surface area (TPSA) is 55.2 Å². The van der Waals surface area contributed by atoms with E-state index in [4.69, 9.17) is 0 Å². The number of hydrogen-bond acceptors (Lipinski definition) is 4. The molecule has 0 N–H and O–H groups in total. The van der Waals surface area contributed by atoms with Gasteiger partial charge in [-0.05, 0) is 42.8 Å². The van der Waals surface area contributed by atoms with Crippen molar-refractivity contribution in [3.05, 3.63) is 59.1 Å². The largest absolute Gasteiger partial charge is 0.268 e. The Labute approximate surface area is 157 Å². The number of sulfonamides is 1. The summed E-state index contributed by atoms with van der Waals surface area (Å²) in [6.07, 6.45) is 2.41. The van der Waals surface area contributed by atoms with Crippen molar-refractivity contribution in [3.8, 4) is 10.6 Å². The van der Waals surface area contributed by atoms with Crippen LogP contribution in [0.1, 0.15) is 31.0 Å². The highest BCUT2D eigenvalue weighted by Gasteiger charge is 2.33. The highest BCUT2D eigenvalue weighted by molar-refractivity contribution is 7.89. The highest BCUT2D eigenvalue weighted by atomic mass is 32.2. The molecule has 0 radical (unpaired) electrons. The Balaban J connectivity index is 1.77. The van der Waals surface area contributed by atoms with Gasteiger partial charge in [-0.25, -0.2) is 8.42 Å². The van der Waals surface area contributed by atoms with Crippen molar-refractivity contribution in [1.82, 2.24) is 14.1 Å². The molecule has 5 nitrogen and oxygen atoms in total. The lowest BCUT2D eigenvalue weighted by molar-refractivity contribution is 0.391. The van der Waals surface area contributed by atoms with Gasteiger partial charge in [0.25, 0.3) is 0 Å². The Morgan fingerprint density at radius 3 is 2.58 bits per heavy atom. The van der Waals surface area contributed by atoms with E-state index in [0.717, 1.165) is 16.9 Å². The second-order valence-electron chi connectivity index (χ2n) is 6.75. The van der Waals surface area contributed by atoms with E-state index in [1.54, 1.807) is 15.2 Å². The number of fused-ring (bicyclic) bond motifs is 1. The number of nitrogens with zero attached hydrogens (tertiary/aromatic N) is 3. The second kappa shape index (κ2) is 6.64. The van der Waals surface area contributed by atoms with Crippen LogP contribution in [0.3, 0.4) is 0 Å². The van der Waals surface area contributed by atoms with E-state index in [0.29, 0.717) is 23.7 Å². The van der Waals surface area contributed by atoms with Gasteiger partial charge >= 0.3 is 0 Å². The van der Waals surface area contributed by atoms with Crippen molar-refractivity contribution in [2.75, 3.05) is 6.54 Å². The fourth-order valence-electron chi connectivity index (χ4n) is 3.23. The van der Waals surface area contributed by atoms with Crippen LogP contribution in [-0.2, 0) is 23.0 Å². The molecular weight excluding hydrogens is 366 g/mol. The third-order valence-electron chi connectivity index (χ3n) is 4.70. The molecule has 3 heterocycles. The van der Waals surface area contributed by atoms with Crippen molar-refractivity contribution in [2.24, 2.45) is 0 Å². The third kappa shape index (κ3) is 3.00. The van der Waals surface area contributed by atoms with Gasteiger partial charge in [-0.2, -0.15) is 9.40 Å². The first-order valence-corrected chi connectivity index (χ1v) is 11.0. The predicted molar refractivity (Wildman–Crippen MR) is 104 cm³/mol. The minimum Gasteiger partial charge on any atom is -0.268 e. The van der Waals surface area contributed by atoms with E-state index in [-0.39, 0.29) is 6.04 Å². The Kier molecular flexibility index (Phi) is 4.46. The molecule has 136 valence electrons. The summed E-state index contributed by atoms with van der Waals surface area (Å²) in [5.41, 5.74) is 2.86. The number of benzene rings is 1. The highest BCUT2D eigenvalue weighted by Crippen LogP contribution is 2.34. The lowest BCUT2D eigenvalue weighted by atomic mass is 10.0. The maximum Gasteiger partial charge on any atom is 0.247 e. The van der Waals surface area contributed by atoms with Crippen LogP contribution in [0.15, 0.2) is 52.9 Å². The van der Waals surface area contributed by atoms with Gasteiger partial charge in [-0.15, -0.1) is 11.3 Å². The SMILES string of the molecule is CC(C)n1cc(S(=O)(=O)N2CCc3ccccc3C2)c(-c2cccs2)n1. The molecule has 0 aliphatic carbocycles. The van der Waals surface area contributed by atoms with Gasteiger partial charge in [0.1, 0.15) is 10.6 Å². The zero-order chi connectivity index (χ0) is 18.3. The number of hydrogen-bond donors (Lipinski definition) is 0. The Morgan fingerprint density at radius 1 is 1.12 bits per heavy atom. The number of thiophene rings is 1. The first-order valence-electron chi connectivity index (χ1n) is 8.67. The fourth-order valence-corrected chi connectivity index (χ4v) is 5.57. The molecule has 1 aliphatic heterocycles. The molecule has 3 aromatic rings. The number of rotatable bonds is 4. The van der Waals surface area contributed by atoms with Crippen molar-refractivity contribution in [2.45, 2.75) is 37.8 Å². The molecule has 0 bridgehead atoms. The second-order valence-corrected chi connectivity index (χ2v) is 9.60. The quantitative estimate of drug-likeness (QED) is 0.681. The van der Waals surface area contributed by atoms with Gasteiger partial charge < -0.3 is 0 Å². The zero-order valence-corrected chi connectivity index (χ0v) is 16.4. The molecule has 0 atom stereocenters. The molecule has 0 unspecified atom stereocenters. The van der Waals surface area contributed by atoms with Crippen LogP contribution < -0.4 is 0 Å². The maximum absolute atomic E-state index is 13.4. The summed E-state index contributed by atoms with van der Waals surface area (Å²) < 4.78 is 30.2. The predicted octanol–water partition coefficient (Wildman–Crippen LogP) is 3.94. The summed E-state index contributed by atoms with van der Waals surface area (Å²) >= 11 is 1.51. The molecule has 0 fully saturated rings. The van der Waals surface area contributed by atoms with Gasteiger partial charge in [0, 0.05) is 25.3 Å². The molecular formula is C19H21N3O2S2. The monoisotopic (exact) mass is 387 g/mol. The van der Waals surface area contributed by atoms with E-state index >= 15 is 0 Å². The van der Waals surface area contributed by atoms with Gasteiger partial charge in [0.05, 0.1) is 4.88 Å². The molecule has 0 saturated heterocycles. The lowest BCUT2D eigenvalue weighted by Gasteiger charge is -2.27. The zero-order valence-electron chi connectivity index (χ0n) is 14.8. The standard InChI is InChI=1S/C19H21N3O2S2/c1-14(2)22-13-18(19(20-22)17-8-5-11-25-17)26(23,24)21-10-9-15-6-3-4-7-16(15)12-21/h3-8,11,13-14H,9-10,12H2,1-2H3. The van der Waals surface area contributed by atoms with Crippen LogP contribution in [-0.4, -0.2) is 29.0 Å². The molecule has 0 spiro atoms. The van der Waals surface area contributed by atoms with E-state index in [1.807, 2.05) is 49.6 Å². The van der Waals surface area contributed by atoms with Crippen LogP contribution in [0.5, 0.6) is 0 Å². The fraction of sp³-hybridized carbons (Fsp3) is 0.316. The molecule has 4 rings (SSSR count). The van der Waals surface area contributed by atoms with Crippen LogP contribution in [0.25, 0.3) is 10.6 Å². The number of aromatic nitrogens is 2. The molecule has 1 aromatic carbocycles. The third-order valence-corrected chi connectivity index (χ3v) is 7.42. The van der Waals surface area contributed by atoms with Crippen LogP contribution in [0, 0.1) is 0 Å². The summed E-state index contributed by atoms with van der Waals surface area (Å²) in [5.74, 6) is 0. The average molecular weight is 388 g/mol. The van der Waals surface area contributed by atoms with Gasteiger partial charge in [-0.3, -0.25) is 4.68 Å². The molecule has 0 saturated carbocycles. The van der Waals surface area contributed by atoms with Crippen molar-refractivity contribution in [1.29, 1.82) is 0 Å². The summed E-state index contributed by atoms with van der Waals surface area (Å²) in [5, 5.41) is 6.52. The first kappa shape index (κ1) is 17.5. The molecule has 1 aliphatic rings. The van der Waals surface area contributed by atoms with Crippen LogP contribution in [0.4, 0.5) is 0 Å². The van der Waals surface area contributed by atoms with Gasteiger partial charge in [-0.1, -0.05) is 30.3 Å². The Hall–Kier alpha value is -1.96. The maximum atomic E-state index is 13.4. The van der Waals surface area contributed by atoms with Gasteiger partial charge in [0.2, 0.25) is 10.0 Å². The van der Waals surface area contributed by atoms with Crippen molar-refractivity contribution >= 4 is 21.4 Å².